The first-order chi connectivity index (χ1) is 13.6. The number of hydrogen-bond donors (Lipinski definition) is 1. The number of aryl methyl sites for hydroxylation is 1. The zero-order chi connectivity index (χ0) is 19.3. The van der Waals surface area contributed by atoms with Crippen LogP contribution in [-0.2, 0) is 7.05 Å². The molecule has 7 heteroatoms. The summed E-state index contributed by atoms with van der Waals surface area (Å²) in [5, 5.41) is 10.3. The zero-order valence-corrected chi connectivity index (χ0v) is 15.7. The molecule has 6 nitrogen and oxygen atoms in total. The average Bonchev–Trinajstić information content (AvgIpc) is 3.00. The van der Waals surface area contributed by atoms with Crippen LogP contribution >= 0.6 is 11.6 Å². The lowest BCUT2D eigenvalue weighted by Gasteiger charge is -2.08. The van der Waals surface area contributed by atoms with Gasteiger partial charge in [-0.3, -0.25) is 15.0 Å². The monoisotopic (exact) mass is 386 g/mol. The number of imidazole rings is 1. The van der Waals surface area contributed by atoms with Crippen LogP contribution in [0.15, 0.2) is 67.4 Å². The van der Waals surface area contributed by atoms with Crippen LogP contribution in [0.3, 0.4) is 0 Å². The van der Waals surface area contributed by atoms with Crippen LogP contribution in [0, 0.1) is 5.41 Å². The first kappa shape index (κ1) is 16.6. The van der Waals surface area contributed by atoms with Crippen molar-refractivity contribution >= 4 is 33.5 Å². The van der Waals surface area contributed by atoms with E-state index in [0.717, 1.165) is 38.8 Å². The van der Waals surface area contributed by atoms with Gasteiger partial charge in [-0.05, 0) is 35.4 Å². The van der Waals surface area contributed by atoms with Gasteiger partial charge in [0.25, 0.3) is 0 Å². The van der Waals surface area contributed by atoms with E-state index < -0.39 is 0 Å². The smallest absolute Gasteiger partial charge is 0.207 e. The number of fused-ring (bicyclic) bond motifs is 3. The van der Waals surface area contributed by atoms with Gasteiger partial charge in [0.1, 0.15) is 6.33 Å². The Bertz CT molecular complexity index is 1380. The number of rotatable bonds is 2. The summed E-state index contributed by atoms with van der Waals surface area (Å²) in [6.45, 7) is 0. The Labute approximate surface area is 165 Å². The van der Waals surface area contributed by atoms with Gasteiger partial charge in [0.15, 0.2) is 0 Å². The molecule has 1 N–H and O–H groups in total. The van der Waals surface area contributed by atoms with Crippen molar-refractivity contribution in [3.8, 4) is 16.8 Å². The summed E-state index contributed by atoms with van der Waals surface area (Å²) in [6.07, 6.45) is 6.70. The Balaban J connectivity index is 1.88. The quantitative estimate of drug-likeness (QED) is 0.496. The van der Waals surface area contributed by atoms with E-state index in [9.17, 15) is 0 Å². The average molecular weight is 387 g/mol. The third kappa shape index (κ3) is 2.50. The molecule has 0 bridgehead atoms. The molecule has 28 heavy (non-hydrogen) atoms. The molecular formula is C21H15ClN6. The number of halogens is 1. The fourth-order valence-corrected chi connectivity index (χ4v) is 3.62. The van der Waals surface area contributed by atoms with Crippen molar-refractivity contribution in [1.82, 2.24) is 24.1 Å². The molecule has 0 aliphatic heterocycles. The van der Waals surface area contributed by atoms with E-state index in [1.54, 1.807) is 18.6 Å². The van der Waals surface area contributed by atoms with Crippen molar-refractivity contribution in [3.05, 3.63) is 78.0 Å². The molecule has 0 atom stereocenters. The highest BCUT2D eigenvalue weighted by Gasteiger charge is 2.15. The maximum Gasteiger partial charge on any atom is 0.207 e. The summed E-state index contributed by atoms with van der Waals surface area (Å²) in [7, 11) is 1.86. The molecule has 0 unspecified atom stereocenters. The third-order valence-electron chi connectivity index (χ3n) is 4.92. The summed E-state index contributed by atoms with van der Waals surface area (Å²) in [4.78, 5) is 12.8. The second kappa shape index (κ2) is 6.28. The molecule has 136 valence electrons. The van der Waals surface area contributed by atoms with E-state index in [1.807, 2.05) is 52.6 Å². The number of benzene rings is 2. The topological polar surface area (TPSA) is 72.4 Å². The van der Waals surface area contributed by atoms with Crippen LogP contribution in [-0.4, -0.2) is 24.1 Å². The molecule has 0 fully saturated rings. The maximum atomic E-state index is 8.61. The minimum absolute atomic E-state index is 0.330. The second-order valence-electron chi connectivity index (χ2n) is 6.55. The number of hydrogen-bond acceptors (Lipinski definition) is 4. The number of pyridine rings is 1. The highest BCUT2D eigenvalue weighted by atomic mass is 35.5. The van der Waals surface area contributed by atoms with Crippen LogP contribution in [0.4, 0.5) is 0 Å². The Morgan fingerprint density at radius 3 is 2.39 bits per heavy atom. The Kier molecular flexibility index (Phi) is 3.74. The van der Waals surface area contributed by atoms with E-state index in [0.29, 0.717) is 10.6 Å². The lowest BCUT2D eigenvalue weighted by Crippen LogP contribution is -2.21. The van der Waals surface area contributed by atoms with Gasteiger partial charge in [-0.25, -0.2) is 9.97 Å². The molecule has 0 radical (unpaired) electrons. The van der Waals surface area contributed by atoms with Crippen molar-refractivity contribution in [2.75, 3.05) is 0 Å². The Morgan fingerprint density at radius 1 is 0.929 bits per heavy atom. The highest BCUT2D eigenvalue weighted by Crippen LogP contribution is 2.30. The number of aromatic nitrogens is 5. The lowest BCUT2D eigenvalue weighted by molar-refractivity contribution is 0.784. The van der Waals surface area contributed by atoms with Crippen LogP contribution < -0.4 is 5.62 Å². The van der Waals surface area contributed by atoms with Crippen molar-refractivity contribution in [3.63, 3.8) is 0 Å². The van der Waals surface area contributed by atoms with E-state index in [-0.39, 0.29) is 0 Å². The molecule has 5 rings (SSSR count). The second-order valence-corrected chi connectivity index (χ2v) is 6.98. The summed E-state index contributed by atoms with van der Waals surface area (Å²) in [5.41, 5.74) is 5.84. The van der Waals surface area contributed by atoms with Crippen LogP contribution in [0.1, 0.15) is 0 Å². The molecule has 3 aromatic heterocycles. The Morgan fingerprint density at radius 2 is 1.64 bits per heavy atom. The predicted molar refractivity (Wildman–Crippen MR) is 109 cm³/mol. The van der Waals surface area contributed by atoms with E-state index >= 15 is 0 Å². The summed E-state index contributed by atoms with van der Waals surface area (Å²) in [5.74, 6) is 0. The van der Waals surface area contributed by atoms with Gasteiger partial charge in [0.2, 0.25) is 5.62 Å². The van der Waals surface area contributed by atoms with Gasteiger partial charge in [-0.1, -0.05) is 29.8 Å². The van der Waals surface area contributed by atoms with Crippen molar-refractivity contribution < 1.29 is 0 Å². The molecule has 0 amide bonds. The molecule has 0 aliphatic rings. The van der Waals surface area contributed by atoms with Gasteiger partial charge < -0.3 is 4.57 Å². The summed E-state index contributed by atoms with van der Waals surface area (Å²) in [6, 6.07) is 13.9. The zero-order valence-electron chi connectivity index (χ0n) is 15.0. The van der Waals surface area contributed by atoms with Gasteiger partial charge in [-0.15, -0.1) is 0 Å². The first-order valence-electron chi connectivity index (χ1n) is 8.69. The molecular weight excluding hydrogens is 372 g/mol. The SMILES string of the molecule is Cn1c(=N)n(-c2cncnc2)c2c3cc(-c4ccc(Cl)cc4)ccc3ncc21. The lowest BCUT2D eigenvalue weighted by atomic mass is 10.0. The van der Waals surface area contributed by atoms with Crippen molar-refractivity contribution in [1.29, 1.82) is 5.41 Å². The number of nitrogens with one attached hydrogen (secondary N) is 1. The minimum atomic E-state index is 0.330. The highest BCUT2D eigenvalue weighted by molar-refractivity contribution is 6.30. The molecule has 3 heterocycles. The normalized spacial score (nSPS) is 11.4. The molecule has 0 saturated heterocycles. The van der Waals surface area contributed by atoms with E-state index in [2.05, 4.69) is 21.0 Å². The predicted octanol–water partition coefficient (Wildman–Crippen LogP) is 4.11. The fraction of sp³-hybridized carbons (Fsp3) is 0.0476. The first-order valence-corrected chi connectivity index (χ1v) is 9.07. The van der Waals surface area contributed by atoms with Crippen LogP contribution in [0.5, 0.6) is 0 Å². The Hall–Kier alpha value is -3.51. The maximum absolute atomic E-state index is 8.61. The van der Waals surface area contributed by atoms with Crippen molar-refractivity contribution in [2.45, 2.75) is 0 Å². The molecule has 5 aromatic rings. The van der Waals surface area contributed by atoms with Gasteiger partial charge >= 0.3 is 0 Å². The number of nitrogens with zero attached hydrogens (tertiary/aromatic N) is 5. The van der Waals surface area contributed by atoms with Crippen LogP contribution in [0.2, 0.25) is 5.02 Å². The van der Waals surface area contributed by atoms with E-state index in [1.165, 1.54) is 6.33 Å². The minimum Gasteiger partial charge on any atom is -0.312 e. The standard InChI is InChI=1S/C21H15ClN6/c1-27-19-11-26-18-7-4-14(13-2-5-15(22)6-3-13)8-17(18)20(19)28(21(27)23)16-9-24-12-25-10-16/h2-12,23H,1H3. The summed E-state index contributed by atoms with van der Waals surface area (Å²) < 4.78 is 3.66. The molecule has 0 aliphatic carbocycles. The van der Waals surface area contributed by atoms with Gasteiger partial charge in [0, 0.05) is 17.5 Å². The molecule has 0 spiro atoms. The largest absolute Gasteiger partial charge is 0.312 e. The van der Waals surface area contributed by atoms with Crippen LogP contribution in [0.25, 0.3) is 38.8 Å². The molecule has 2 aromatic carbocycles. The van der Waals surface area contributed by atoms with Gasteiger partial charge in [-0.2, -0.15) is 0 Å². The van der Waals surface area contributed by atoms with E-state index in [4.69, 9.17) is 17.0 Å². The summed E-state index contributed by atoms with van der Waals surface area (Å²) >= 11 is 6.03. The van der Waals surface area contributed by atoms with Gasteiger partial charge in [0.05, 0.1) is 40.8 Å². The fourth-order valence-electron chi connectivity index (χ4n) is 3.50. The third-order valence-corrected chi connectivity index (χ3v) is 5.17. The van der Waals surface area contributed by atoms with Crippen molar-refractivity contribution in [2.24, 2.45) is 7.05 Å². The molecule has 0 saturated carbocycles.